The lowest BCUT2D eigenvalue weighted by atomic mass is 10.2. The normalized spacial score (nSPS) is 11.1. The van der Waals surface area contributed by atoms with Crippen LogP contribution in [0, 0.1) is 6.92 Å². The number of aryl methyl sites for hydroxylation is 1. The molecule has 168 valence electrons. The maximum absolute atomic E-state index is 12.5. The molecule has 0 saturated heterocycles. The highest BCUT2D eigenvalue weighted by atomic mass is 32.2. The van der Waals surface area contributed by atoms with Gasteiger partial charge in [-0.2, -0.15) is 4.31 Å². The van der Waals surface area contributed by atoms with Crippen molar-refractivity contribution in [3.63, 3.8) is 0 Å². The van der Waals surface area contributed by atoms with Crippen molar-refractivity contribution in [2.75, 3.05) is 26.8 Å². The van der Waals surface area contributed by atoms with Crippen molar-refractivity contribution in [3.8, 4) is 11.5 Å². The summed E-state index contributed by atoms with van der Waals surface area (Å²) in [6.07, 6.45) is 0.00496. The highest BCUT2D eigenvalue weighted by Crippen LogP contribution is 2.17. The van der Waals surface area contributed by atoms with Crippen LogP contribution in [0.2, 0.25) is 0 Å². The Labute approximate surface area is 182 Å². The maximum atomic E-state index is 12.5. The van der Waals surface area contributed by atoms with E-state index in [9.17, 15) is 18.0 Å². The average Bonchev–Trinajstić information content (AvgIpc) is 2.74. The molecule has 0 unspecified atom stereocenters. The molecule has 0 fully saturated rings. The Kier molecular flexibility index (Phi) is 8.83. The number of rotatable bonds is 10. The third kappa shape index (κ3) is 7.58. The molecule has 0 aromatic heterocycles. The molecule has 2 N–H and O–H groups in total. The van der Waals surface area contributed by atoms with Crippen molar-refractivity contribution in [1.82, 2.24) is 15.2 Å². The monoisotopic (exact) mass is 449 g/mol. The summed E-state index contributed by atoms with van der Waals surface area (Å²) in [7, 11) is -2.52. The largest absolute Gasteiger partial charge is 0.494 e. The van der Waals surface area contributed by atoms with Gasteiger partial charge in [0.1, 0.15) is 11.5 Å². The molecular formula is C21H27N3O6S. The van der Waals surface area contributed by atoms with E-state index in [0.29, 0.717) is 12.4 Å². The number of nitrogens with zero attached hydrogens (tertiary/aromatic N) is 1. The highest BCUT2D eigenvalue weighted by Gasteiger charge is 2.22. The lowest BCUT2D eigenvalue weighted by molar-refractivity contribution is -0.129. The average molecular weight is 450 g/mol. The van der Waals surface area contributed by atoms with E-state index in [-0.39, 0.29) is 17.9 Å². The molecule has 2 aromatic carbocycles. The predicted molar refractivity (Wildman–Crippen MR) is 115 cm³/mol. The maximum Gasteiger partial charge on any atom is 0.253 e. The number of ether oxygens (including phenoxy) is 2. The fraction of sp³-hybridized carbons (Fsp3) is 0.333. The number of nitrogens with one attached hydrogen (secondary N) is 2. The molecule has 2 amide bonds. The Hall–Kier alpha value is -3.11. The van der Waals surface area contributed by atoms with Gasteiger partial charge in [0.15, 0.2) is 0 Å². The summed E-state index contributed by atoms with van der Waals surface area (Å²) in [5, 5.41) is 0. The molecule has 0 radical (unpaired) electrons. The minimum absolute atomic E-state index is 0.00496. The van der Waals surface area contributed by atoms with Crippen LogP contribution in [-0.2, 0) is 19.6 Å². The van der Waals surface area contributed by atoms with Gasteiger partial charge in [-0.05, 0) is 50.2 Å². The molecule has 31 heavy (non-hydrogen) atoms. The van der Waals surface area contributed by atoms with E-state index >= 15 is 0 Å². The van der Waals surface area contributed by atoms with Gasteiger partial charge in [0, 0.05) is 7.05 Å². The number of likely N-dealkylation sites (N-methyl/N-ethyl adjacent to an activating group) is 1. The lowest BCUT2D eigenvalue weighted by Gasteiger charge is -2.17. The first-order valence-corrected chi connectivity index (χ1v) is 11.1. The number of benzene rings is 2. The zero-order chi connectivity index (χ0) is 22.9. The minimum Gasteiger partial charge on any atom is -0.494 e. The van der Waals surface area contributed by atoms with Crippen LogP contribution in [0.15, 0.2) is 53.4 Å². The molecule has 0 heterocycles. The Morgan fingerprint density at radius 3 is 2.03 bits per heavy atom. The van der Waals surface area contributed by atoms with Gasteiger partial charge >= 0.3 is 0 Å². The summed E-state index contributed by atoms with van der Waals surface area (Å²) in [5.41, 5.74) is 5.36. The van der Waals surface area contributed by atoms with E-state index in [1.807, 2.05) is 13.8 Å². The second-order valence-corrected chi connectivity index (χ2v) is 8.72. The molecule has 0 aliphatic rings. The Bertz CT molecular complexity index is 975. The number of hydrogen-bond acceptors (Lipinski definition) is 6. The second kappa shape index (κ2) is 11.3. The molecule has 10 heteroatoms. The topological polar surface area (TPSA) is 114 Å². The molecule has 2 rings (SSSR count). The Morgan fingerprint density at radius 1 is 0.903 bits per heavy atom. The van der Waals surface area contributed by atoms with Gasteiger partial charge in [0.05, 0.1) is 31.1 Å². The van der Waals surface area contributed by atoms with E-state index in [1.165, 1.54) is 19.2 Å². The number of carbonyl (C=O) groups excluding carboxylic acids is 2. The molecule has 0 atom stereocenters. The SMILES string of the molecule is CCOc1ccc(OCCC(=O)NNC(=O)CN(C)S(=O)(=O)c2ccc(C)cc2)cc1. The van der Waals surface area contributed by atoms with Crippen LogP contribution in [0.1, 0.15) is 18.9 Å². The second-order valence-electron chi connectivity index (χ2n) is 6.67. The molecule has 0 aliphatic carbocycles. The summed E-state index contributed by atoms with van der Waals surface area (Å²) in [6.45, 7) is 3.97. The molecule has 9 nitrogen and oxygen atoms in total. The van der Waals surface area contributed by atoms with Crippen molar-refractivity contribution >= 4 is 21.8 Å². The first-order valence-electron chi connectivity index (χ1n) is 9.68. The molecule has 2 aromatic rings. The third-order valence-corrected chi connectivity index (χ3v) is 5.99. The van der Waals surface area contributed by atoms with Crippen molar-refractivity contribution < 1.29 is 27.5 Å². The summed E-state index contributed by atoms with van der Waals surface area (Å²) < 4.78 is 36.7. The zero-order valence-electron chi connectivity index (χ0n) is 17.8. The van der Waals surface area contributed by atoms with E-state index in [2.05, 4.69) is 10.9 Å². The number of hydrogen-bond donors (Lipinski definition) is 2. The van der Waals surface area contributed by atoms with E-state index < -0.39 is 28.4 Å². The lowest BCUT2D eigenvalue weighted by Crippen LogP contribution is -2.47. The number of amides is 2. The van der Waals surface area contributed by atoms with E-state index in [0.717, 1.165) is 15.6 Å². The fourth-order valence-corrected chi connectivity index (χ4v) is 3.61. The highest BCUT2D eigenvalue weighted by molar-refractivity contribution is 7.89. The minimum atomic E-state index is -3.81. The summed E-state index contributed by atoms with van der Waals surface area (Å²) in [4.78, 5) is 23.9. The van der Waals surface area contributed by atoms with Crippen LogP contribution < -0.4 is 20.3 Å². The van der Waals surface area contributed by atoms with Crippen LogP contribution in [-0.4, -0.2) is 51.3 Å². The fourth-order valence-electron chi connectivity index (χ4n) is 2.48. The number of hydrazine groups is 1. The van der Waals surface area contributed by atoms with Crippen LogP contribution in [0.25, 0.3) is 0 Å². The molecule has 0 saturated carbocycles. The van der Waals surface area contributed by atoms with Crippen molar-refractivity contribution in [1.29, 1.82) is 0 Å². The summed E-state index contributed by atoms with van der Waals surface area (Å²) >= 11 is 0. The quantitative estimate of drug-likeness (QED) is 0.533. The smallest absolute Gasteiger partial charge is 0.253 e. The molecule has 0 bridgehead atoms. The van der Waals surface area contributed by atoms with Crippen LogP contribution in [0.5, 0.6) is 11.5 Å². The Morgan fingerprint density at radius 2 is 1.45 bits per heavy atom. The summed E-state index contributed by atoms with van der Waals surface area (Å²) in [6, 6.07) is 13.3. The van der Waals surface area contributed by atoms with Crippen molar-refractivity contribution in [3.05, 3.63) is 54.1 Å². The van der Waals surface area contributed by atoms with Gasteiger partial charge in [-0.15, -0.1) is 0 Å². The van der Waals surface area contributed by atoms with Gasteiger partial charge in [0.25, 0.3) is 5.91 Å². The first kappa shape index (κ1) is 24.2. The van der Waals surface area contributed by atoms with Gasteiger partial charge in [-0.25, -0.2) is 8.42 Å². The van der Waals surface area contributed by atoms with Gasteiger partial charge in [-0.3, -0.25) is 20.4 Å². The van der Waals surface area contributed by atoms with Gasteiger partial charge < -0.3 is 9.47 Å². The molecule has 0 spiro atoms. The Balaban J connectivity index is 1.72. The molecular weight excluding hydrogens is 422 g/mol. The summed E-state index contributed by atoms with van der Waals surface area (Å²) in [5.74, 6) is 0.176. The van der Waals surface area contributed by atoms with E-state index in [1.54, 1.807) is 36.4 Å². The first-order chi connectivity index (χ1) is 14.7. The van der Waals surface area contributed by atoms with Crippen LogP contribution in [0.4, 0.5) is 0 Å². The van der Waals surface area contributed by atoms with E-state index in [4.69, 9.17) is 9.47 Å². The number of carbonyl (C=O) groups is 2. The number of sulfonamides is 1. The van der Waals surface area contributed by atoms with Gasteiger partial charge in [0.2, 0.25) is 15.9 Å². The van der Waals surface area contributed by atoms with Gasteiger partial charge in [-0.1, -0.05) is 17.7 Å². The third-order valence-electron chi connectivity index (χ3n) is 4.17. The molecule has 0 aliphatic heterocycles. The standard InChI is InChI=1S/C21H27N3O6S/c1-4-29-17-7-9-18(10-8-17)30-14-13-20(25)22-23-21(26)15-24(3)31(27,28)19-11-5-16(2)6-12-19/h5-12H,4,13-15H2,1-3H3,(H,22,25)(H,23,26). The van der Waals surface area contributed by atoms with Crippen molar-refractivity contribution in [2.24, 2.45) is 0 Å². The van der Waals surface area contributed by atoms with Crippen LogP contribution >= 0.6 is 0 Å². The van der Waals surface area contributed by atoms with Crippen molar-refractivity contribution in [2.45, 2.75) is 25.2 Å². The zero-order valence-corrected chi connectivity index (χ0v) is 18.6. The van der Waals surface area contributed by atoms with Crippen LogP contribution in [0.3, 0.4) is 0 Å². The predicted octanol–water partition coefficient (Wildman–Crippen LogP) is 1.63.